The molecule has 2 heterocycles. The van der Waals surface area contributed by atoms with E-state index in [2.05, 4.69) is 0 Å². The molecule has 1 aliphatic heterocycles. The second-order valence-corrected chi connectivity index (χ2v) is 8.93. The number of phenolic OH excluding ortho intramolecular Hbond substituents is 1. The molecule has 1 aliphatic rings. The summed E-state index contributed by atoms with van der Waals surface area (Å²) in [6, 6.07) is 9.09. The Balaban J connectivity index is 1.95. The van der Waals surface area contributed by atoms with Crippen molar-refractivity contribution in [3.8, 4) is 5.75 Å². The lowest BCUT2D eigenvalue weighted by Crippen LogP contribution is -2.27. The molecule has 132 valence electrons. The molecule has 1 saturated heterocycles. The van der Waals surface area contributed by atoms with Gasteiger partial charge in [-0.3, -0.25) is 0 Å². The van der Waals surface area contributed by atoms with E-state index in [9.17, 15) is 23.4 Å². The fraction of sp³-hybridized carbons (Fsp3) is 0.235. The number of thiophene rings is 1. The summed E-state index contributed by atoms with van der Waals surface area (Å²) in [4.78, 5) is 12.0. The SMILES string of the molecule is O=C(O)/C(=C\c1ccc(O)cc1)c1ccc(S(=O)(=O)N2CCCC2)s1. The molecule has 1 fully saturated rings. The molecule has 0 radical (unpaired) electrons. The Bertz CT molecular complexity index is 907. The van der Waals surface area contributed by atoms with E-state index in [-0.39, 0.29) is 15.5 Å². The van der Waals surface area contributed by atoms with E-state index in [0.29, 0.717) is 23.5 Å². The number of rotatable bonds is 5. The molecule has 0 spiro atoms. The Morgan fingerprint density at radius 2 is 1.72 bits per heavy atom. The van der Waals surface area contributed by atoms with Crippen LogP contribution in [0, 0.1) is 0 Å². The van der Waals surface area contributed by atoms with Gasteiger partial charge in [-0.05, 0) is 48.7 Å². The Morgan fingerprint density at radius 1 is 1.08 bits per heavy atom. The highest BCUT2D eigenvalue weighted by atomic mass is 32.2. The largest absolute Gasteiger partial charge is 0.508 e. The van der Waals surface area contributed by atoms with Gasteiger partial charge in [0.1, 0.15) is 9.96 Å². The summed E-state index contributed by atoms with van der Waals surface area (Å²) in [6.07, 6.45) is 3.15. The van der Waals surface area contributed by atoms with Crippen LogP contribution in [0.1, 0.15) is 23.3 Å². The molecule has 1 aromatic carbocycles. The van der Waals surface area contributed by atoms with Gasteiger partial charge in [-0.25, -0.2) is 13.2 Å². The highest BCUT2D eigenvalue weighted by molar-refractivity contribution is 7.91. The van der Waals surface area contributed by atoms with Crippen molar-refractivity contribution in [3.63, 3.8) is 0 Å². The van der Waals surface area contributed by atoms with Crippen molar-refractivity contribution < 1.29 is 23.4 Å². The predicted molar refractivity (Wildman–Crippen MR) is 95.9 cm³/mol. The lowest BCUT2D eigenvalue weighted by molar-refractivity contribution is -0.130. The molecule has 8 heteroatoms. The number of carboxylic acids is 1. The Labute approximate surface area is 149 Å². The molecule has 0 atom stereocenters. The van der Waals surface area contributed by atoms with Gasteiger partial charge in [0.05, 0.1) is 5.57 Å². The van der Waals surface area contributed by atoms with E-state index < -0.39 is 16.0 Å². The third-order valence-electron chi connectivity index (χ3n) is 3.94. The number of hydrogen-bond donors (Lipinski definition) is 2. The van der Waals surface area contributed by atoms with Gasteiger partial charge < -0.3 is 10.2 Å². The van der Waals surface area contributed by atoms with Gasteiger partial charge in [0.15, 0.2) is 0 Å². The molecule has 0 aliphatic carbocycles. The van der Waals surface area contributed by atoms with Gasteiger partial charge in [-0.15, -0.1) is 11.3 Å². The van der Waals surface area contributed by atoms with Gasteiger partial charge >= 0.3 is 5.97 Å². The highest BCUT2D eigenvalue weighted by Gasteiger charge is 2.29. The summed E-state index contributed by atoms with van der Waals surface area (Å²) in [5.41, 5.74) is 0.617. The quantitative estimate of drug-likeness (QED) is 0.779. The second-order valence-electron chi connectivity index (χ2n) is 5.68. The van der Waals surface area contributed by atoms with Gasteiger partial charge in [0, 0.05) is 18.0 Å². The van der Waals surface area contributed by atoms with Crippen molar-refractivity contribution in [3.05, 3.63) is 46.8 Å². The summed E-state index contributed by atoms with van der Waals surface area (Å²) in [7, 11) is -3.56. The third kappa shape index (κ3) is 3.76. The minimum Gasteiger partial charge on any atom is -0.508 e. The first-order chi connectivity index (χ1) is 11.9. The van der Waals surface area contributed by atoms with E-state index in [4.69, 9.17) is 0 Å². The van der Waals surface area contributed by atoms with Crippen molar-refractivity contribution in [2.75, 3.05) is 13.1 Å². The molecule has 0 unspecified atom stereocenters. The molecule has 2 aromatic rings. The molecular weight excluding hydrogens is 362 g/mol. The zero-order valence-corrected chi connectivity index (χ0v) is 14.9. The van der Waals surface area contributed by atoms with Gasteiger partial charge in [-0.1, -0.05) is 12.1 Å². The second kappa shape index (κ2) is 6.99. The third-order valence-corrected chi connectivity index (χ3v) is 7.43. The molecule has 0 bridgehead atoms. The number of carboxylic acid groups (broad SMARTS) is 1. The first-order valence-corrected chi connectivity index (χ1v) is 9.98. The molecule has 0 amide bonds. The molecule has 3 rings (SSSR count). The maximum absolute atomic E-state index is 12.6. The van der Waals surface area contributed by atoms with Crippen molar-refractivity contribution in [1.29, 1.82) is 0 Å². The lowest BCUT2D eigenvalue weighted by atomic mass is 10.1. The van der Waals surface area contributed by atoms with E-state index in [1.54, 1.807) is 12.1 Å². The number of carbonyl (C=O) groups is 1. The molecule has 0 saturated carbocycles. The molecule has 25 heavy (non-hydrogen) atoms. The van der Waals surface area contributed by atoms with Crippen molar-refractivity contribution >= 4 is 39.0 Å². The predicted octanol–water partition coefficient (Wildman–Crippen LogP) is 2.86. The maximum Gasteiger partial charge on any atom is 0.337 e. The van der Waals surface area contributed by atoms with Gasteiger partial charge in [0.2, 0.25) is 0 Å². The minimum absolute atomic E-state index is 0.0126. The van der Waals surface area contributed by atoms with Crippen LogP contribution < -0.4 is 0 Å². The fourth-order valence-corrected chi connectivity index (χ4v) is 5.62. The average Bonchev–Trinajstić information content (AvgIpc) is 3.26. The average molecular weight is 379 g/mol. The number of benzene rings is 1. The zero-order chi connectivity index (χ0) is 18.0. The van der Waals surface area contributed by atoms with Crippen molar-refractivity contribution in [2.45, 2.75) is 17.1 Å². The van der Waals surface area contributed by atoms with Crippen LogP contribution >= 0.6 is 11.3 Å². The van der Waals surface area contributed by atoms with Gasteiger partial charge in [0.25, 0.3) is 10.0 Å². The molecule has 2 N–H and O–H groups in total. The number of sulfonamides is 1. The zero-order valence-electron chi connectivity index (χ0n) is 13.3. The first kappa shape index (κ1) is 17.7. The first-order valence-electron chi connectivity index (χ1n) is 7.72. The number of aromatic hydroxyl groups is 1. The van der Waals surface area contributed by atoms with E-state index >= 15 is 0 Å². The highest BCUT2D eigenvalue weighted by Crippen LogP contribution is 2.32. The summed E-state index contributed by atoms with van der Waals surface area (Å²) in [5, 5.41) is 18.8. The summed E-state index contributed by atoms with van der Waals surface area (Å²) < 4.78 is 26.7. The topological polar surface area (TPSA) is 94.9 Å². The van der Waals surface area contributed by atoms with Gasteiger partial charge in [-0.2, -0.15) is 4.31 Å². The van der Waals surface area contributed by atoms with E-state index in [1.807, 2.05) is 0 Å². The van der Waals surface area contributed by atoms with Crippen LogP contribution in [0.2, 0.25) is 0 Å². The summed E-state index contributed by atoms with van der Waals surface area (Å²) in [5.74, 6) is -1.05. The van der Waals surface area contributed by atoms with Crippen LogP contribution in [0.15, 0.2) is 40.6 Å². The number of aliphatic carboxylic acids is 1. The Hall–Kier alpha value is -2.16. The van der Waals surface area contributed by atoms with E-state index in [0.717, 1.165) is 24.2 Å². The smallest absolute Gasteiger partial charge is 0.337 e. The van der Waals surface area contributed by atoms with Crippen molar-refractivity contribution in [2.24, 2.45) is 0 Å². The monoisotopic (exact) mass is 379 g/mol. The fourth-order valence-electron chi connectivity index (χ4n) is 2.63. The van der Waals surface area contributed by atoms with Crippen LogP contribution in [-0.2, 0) is 14.8 Å². The number of nitrogens with zero attached hydrogens (tertiary/aromatic N) is 1. The number of phenols is 1. The van der Waals surface area contributed by atoms with Crippen molar-refractivity contribution in [1.82, 2.24) is 4.31 Å². The van der Waals surface area contributed by atoms with Crippen LogP contribution in [0.25, 0.3) is 11.6 Å². The van der Waals surface area contributed by atoms with Crippen LogP contribution in [0.4, 0.5) is 0 Å². The van der Waals surface area contributed by atoms with E-state index in [1.165, 1.54) is 34.6 Å². The maximum atomic E-state index is 12.6. The molecule has 1 aromatic heterocycles. The Morgan fingerprint density at radius 3 is 2.32 bits per heavy atom. The molecular formula is C17H17NO5S2. The van der Waals surface area contributed by atoms with Crippen LogP contribution in [0.5, 0.6) is 5.75 Å². The lowest BCUT2D eigenvalue weighted by Gasteiger charge is -2.13. The van der Waals surface area contributed by atoms with Crippen LogP contribution in [0.3, 0.4) is 0 Å². The number of hydrogen-bond acceptors (Lipinski definition) is 5. The normalized spacial score (nSPS) is 16.2. The molecule has 6 nitrogen and oxygen atoms in total. The minimum atomic E-state index is -3.56. The van der Waals surface area contributed by atoms with Crippen LogP contribution in [-0.4, -0.2) is 42.0 Å². The summed E-state index contributed by atoms with van der Waals surface area (Å²) >= 11 is 0.957. The summed E-state index contributed by atoms with van der Waals surface area (Å²) in [6.45, 7) is 1.01. The Kier molecular flexibility index (Phi) is 4.94. The standard InChI is InChI=1S/C17H17NO5S2/c19-13-5-3-12(4-6-13)11-14(17(20)21)15-7-8-16(24-15)25(22,23)18-9-1-2-10-18/h3-8,11,19H,1-2,9-10H2,(H,20,21)/b14-11-.